The first-order valence-electron chi connectivity index (χ1n) is 9.88. The summed E-state index contributed by atoms with van der Waals surface area (Å²) in [6.45, 7) is 1.84. The quantitative estimate of drug-likeness (QED) is 0.668. The number of aromatic nitrogens is 3. The third-order valence-electron chi connectivity index (χ3n) is 5.42. The van der Waals surface area contributed by atoms with Crippen LogP contribution in [0, 0.1) is 5.92 Å². The molecule has 2 aromatic heterocycles. The van der Waals surface area contributed by atoms with E-state index in [0.717, 1.165) is 23.9 Å². The lowest BCUT2D eigenvalue weighted by atomic mass is 9.90. The zero-order chi connectivity index (χ0) is 19.7. The normalized spacial score (nSPS) is 19.9. The zero-order valence-corrected chi connectivity index (χ0v) is 16.8. The third kappa shape index (κ3) is 4.05. The summed E-state index contributed by atoms with van der Waals surface area (Å²) in [7, 11) is -1.31. The molecule has 152 valence electrons. The van der Waals surface area contributed by atoms with Crippen molar-refractivity contribution in [3.63, 3.8) is 0 Å². The van der Waals surface area contributed by atoms with Gasteiger partial charge in [0, 0.05) is 31.0 Å². The number of imidazole rings is 1. The first-order valence-corrected chi connectivity index (χ1v) is 11.2. The summed E-state index contributed by atoms with van der Waals surface area (Å²) in [6.07, 6.45) is 4.85. The molecule has 1 saturated heterocycles. The Balaban J connectivity index is 1.18. The largest absolute Gasteiger partial charge is 0.493 e. The standard InChI is InChI=1S/C21H23N3O4S/c25-29(20-23-18-4-1-2-5-19(18)24-20)14-16-10-17(6-9-22-16)26-11-15-12-27-21(28-13-15)7-3-8-21/h1-2,4-6,9-10,15H,3,7-8,11-14H2,(H,23,24). The molecule has 1 atom stereocenters. The summed E-state index contributed by atoms with van der Waals surface area (Å²) in [5.74, 6) is 0.888. The molecule has 29 heavy (non-hydrogen) atoms. The van der Waals surface area contributed by atoms with Gasteiger partial charge in [-0.3, -0.25) is 9.19 Å². The smallest absolute Gasteiger partial charge is 0.197 e. The fraction of sp³-hybridized carbons (Fsp3) is 0.429. The van der Waals surface area contributed by atoms with Gasteiger partial charge in [-0.2, -0.15) is 0 Å². The van der Waals surface area contributed by atoms with E-state index in [1.165, 1.54) is 6.42 Å². The van der Waals surface area contributed by atoms with Crippen LogP contribution >= 0.6 is 0 Å². The summed E-state index contributed by atoms with van der Waals surface area (Å²) < 4.78 is 30.4. The number of nitrogens with zero attached hydrogens (tertiary/aromatic N) is 2. The van der Waals surface area contributed by atoms with Crippen LogP contribution in [0.3, 0.4) is 0 Å². The predicted molar refractivity (Wildman–Crippen MR) is 108 cm³/mol. The number of fused-ring (bicyclic) bond motifs is 1. The molecule has 3 heterocycles. The number of hydrogen-bond donors (Lipinski definition) is 1. The van der Waals surface area contributed by atoms with Crippen molar-refractivity contribution in [3.05, 3.63) is 48.3 Å². The van der Waals surface area contributed by atoms with Crippen molar-refractivity contribution in [1.82, 2.24) is 15.0 Å². The van der Waals surface area contributed by atoms with Gasteiger partial charge in [0.25, 0.3) is 0 Å². The average Bonchev–Trinajstić information content (AvgIpc) is 3.16. The Kier molecular flexibility index (Phi) is 5.07. The Morgan fingerprint density at radius 1 is 1.21 bits per heavy atom. The van der Waals surface area contributed by atoms with Crippen molar-refractivity contribution >= 4 is 21.8 Å². The van der Waals surface area contributed by atoms with E-state index in [9.17, 15) is 4.21 Å². The van der Waals surface area contributed by atoms with Gasteiger partial charge in [0.05, 0.1) is 53.1 Å². The Bertz CT molecular complexity index is 990. The Morgan fingerprint density at radius 2 is 2.03 bits per heavy atom. The molecule has 1 saturated carbocycles. The van der Waals surface area contributed by atoms with Crippen molar-refractivity contribution in [2.75, 3.05) is 19.8 Å². The number of ether oxygens (including phenoxy) is 3. The molecule has 0 amide bonds. The molecule has 1 aliphatic heterocycles. The van der Waals surface area contributed by atoms with E-state index < -0.39 is 10.8 Å². The van der Waals surface area contributed by atoms with Gasteiger partial charge >= 0.3 is 0 Å². The fourth-order valence-corrected chi connectivity index (χ4v) is 4.55. The first-order chi connectivity index (χ1) is 14.2. The van der Waals surface area contributed by atoms with Gasteiger partial charge < -0.3 is 19.2 Å². The van der Waals surface area contributed by atoms with Crippen LogP contribution in [0.25, 0.3) is 11.0 Å². The first kappa shape index (κ1) is 18.7. The summed E-state index contributed by atoms with van der Waals surface area (Å²) in [5.41, 5.74) is 2.38. The lowest BCUT2D eigenvalue weighted by Crippen LogP contribution is -2.50. The minimum atomic E-state index is -1.31. The molecule has 1 spiro atoms. The van der Waals surface area contributed by atoms with Crippen molar-refractivity contribution < 1.29 is 18.4 Å². The molecule has 1 N–H and O–H groups in total. The summed E-state index contributed by atoms with van der Waals surface area (Å²) in [5, 5.41) is 0.459. The van der Waals surface area contributed by atoms with Crippen LogP contribution < -0.4 is 4.74 Å². The van der Waals surface area contributed by atoms with Crippen LogP contribution in [0.5, 0.6) is 5.75 Å². The molecule has 1 aliphatic carbocycles. The van der Waals surface area contributed by atoms with Gasteiger partial charge in [0.2, 0.25) is 0 Å². The third-order valence-corrected chi connectivity index (χ3v) is 6.60. The van der Waals surface area contributed by atoms with E-state index in [2.05, 4.69) is 15.0 Å². The fourth-order valence-electron chi connectivity index (χ4n) is 3.56. The second-order valence-electron chi connectivity index (χ2n) is 7.60. The highest BCUT2D eigenvalue weighted by molar-refractivity contribution is 7.84. The van der Waals surface area contributed by atoms with Crippen LogP contribution in [-0.2, 0) is 26.0 Å². The van der Waals surface area contributed by atoms with Gasteiger partial charge in [-0.1, -0.05) is 12.1 Å². The molecule has 3 aromatic rings. The van der Waals surface area contributed by atoms with Crippen molar-refractivity contribution in [2.24, 2.45) is 5.92 Å². The maximum atomic E-state index is 12.7. The van der Waals surface area contributed by atoms with Gasteiger partial charge in [0.15, 0.2) is 10.9 Å². The predicted octanol–water partition coefficient (Wildman–Crippen LogP) is 3.19. The summed E-state index contributed by atoms with van der Waals surface area (Å²) >= 11 is 0. The highest BCUT2D eigenvalue weighted by atomic mass is 32.2. The highest BCUT2D eigenvalue weighted by Crippen LogP contribution is 2.39. The maximum absolute atomic E-state index is 12.7. The van der Waals surface area contributed by atoms with Crippen molar-refractivity contribution in [2.45, 2.75) is 36.0 Å². The number of pyridine rings is 1. The Morgan fingerprint density at radius 3 is 2.79 bits per heavy atom. The lowest BCUT2D eigenvalue weighted by molar-refractivity contribution is -0.318. The Hall–Kier alpha value is -2.29. The van der Waals surface area contributed by atoms with E-state index in [4.69, 9.17) is 14.2 Å². The van der Waals surface area contributed by atoms with Crippen molar-refractivity contribution in [3.8, 4) is 5.75 Å². The molecular weight excluding hydrogens is 390 g/mol. The van der Waals surface area contributed by atoms with Gasteiger partial charge in [-0.05, 0) is 24.6 Å². The molecular formula is C21H23N3O4S. The maximum Gasteiger partial charge on any atom is 0.197 e. The van der Waals surface area contributed by atoms with E-state index in [1.54, 1.807) is 6.20 Å². The van der Waals surface area contributed by atoms with Crippen molar-refractivity contribution in [1.29, 1.82) is 0 Å². The van der Waals surface area contributed by atoms with Crippen LogP contribution in [0.4, 0.5) is 0 Å². The van der Waals surface area contributed by atoms with Crippen LogP contribution in [-0.4, -0.2) is 44.8 Å². The second kappa shape index (κ2) is 7.85. The van der Waals surface area contributed by atoms with E-state index in [1.807, 2.05) is 36.4 Å². The second-order valence-corrected chi connectivity index (χ2v) is 8.96. The van der Waals surface area contributed by atoms with E-state index in [0.29, 0.717) is 36.4 Å². The molecule has 0 radical (unpaired) electrons. The lowest BCUT2D eigenvalue weighted by Gasteiger charge is -2.45. The van der Waals surface area contributed by atoms with Gasteiger partial charge in [0.1, 0.15) is 5.75 Å². The SMILES string of the molecule is O=S(Cc1cc(OCC2COC3(CCC3)OC2)ccn1)c1nc2ccccc2[nH]1. The number of hydrogen-bond acceptors (Lipinski definition) is 6. The van der Waals surface area contributed by atoms with Crippen LogP contribution in [0.15, 0.2) is 47.8 Å². The number of aromatic amines is 1. The molecule has 1 aromatic carbocycles. The topological polar surface area (TPSA) is 86.3 Å². The summed E-state index contributed by atoms with van der Waals surface area (Å²) in [4.78, 5) is 11.9. The number of benzene rings is 1. The molecule has 8 heteroatoms. The van der Waals surface area contributed by atoms with Gasteiger partial charge in [-0.25, -0.2) is 4.98 Å². The zero-order valence-electron chi connectivity index (χ0n) is 16.0. The molecule has 0 bridgehead atoms. The van der Waals surface area contributed by atoms with E-state index in [-0.39, 0.29) is 17.5 Å². The number of H-pyrrole nitrogens is 1. The Labute approximate surface area is 171 Å². The van der Waals surface area contributed by atoms with E-state index >= 15 is 0 Å². The number of para-hydroxylation sites is 2. The molecule has 7 nitrogen and oxygen atoms in total. The average molecular weight is 413 g/mol. The molecule has 1 unspecified atom stereocenters. The van der Waals surface area contributed by atoms with Crippen LogP contribution in [0.1, 0.15) is 25.0 Å². The minimum absolute atomic E-state index is 0.211. The number of nitrogens with one attached hydrogen (secondary N) is 1. The highest BCUT2D eigenvalue weighted by Gasteiger charge is 2.43. The molecule has 5 rings (SSSR count). The number of rotatable bonds is 6. The summed E-state index contributed by atoms with van der Waals surface area (Å²) in [6, 6.07) is 11.3. The minimum Gasteiger partial charge on any atom is -0.493 e. The molecule has 2 aliphatic rings. The monoisotopic (exact) mass is 413 g/mol. The molecule has 2 fully saturated rings. The van der Waals surface area contributed by atoms with Gasteiger partial charge in [-0.15, -0.1) is 0 Å². The van der Waals surface area contributed by atoms with Crippen LogP contribution in [0.2, 0.25) is 0 Å².